The summed E-state index contributed by atoms with van der Waals surface area (Å²) in [6, 6.07) is 9.17. The van der Waals surface area contributed by atoms with E-state index in [2.05, 4.69) is 15.4 Å². The average molecular weight is 701 g/mol. The van der Waals surface area contributed by atoms with Gasteiger partial charge in [0.25, 0.3) is 5.95 Å². The molecule has 0 saturated heterocycles. The molecular weight excluding hydrogens is 671 g/mol. The predicted molar refractivity (Wildman–Crippen MR) is 158 cm³/mol. The molecule has 5 rings (SSSR count). The number of benzene rings is 3. The molecule has 0 amide bonds. The second-order valence-electron chi connectivity index (χ2n) is 11.8. The summed E-state index contributed by atoms with van der Waals surface area (Å²) in [4.78, 5) is 15.2. The van der Waals surface area contributed by atoms with E-state index in [4.69, 9.17) is 5.11 Å². The molecular formula is C32H29F9N6O2. The standard InChI is InChI=1S/C32H29F9N6O2/c1-18-10-24-26(47(29-42-44-45(2)43-29)17-21-11-22(30(33,34)35)14-23(12-21)31(36,37)38)4-3-9-46(27(24)15-25(18)32(39,40)41)16-20-7-5-19(6-8-20)13-28(48)49/h5-8,10-12,14-15,26H,3-4,9,13,16-17H2,1-2H3,(H,48,49)/t26-/m0/s1. The number of rotatable bonds is 8. The Morgan fingerprint density at radius 3 is 2.02 bits per heavy atom. The molecule has 1 aliphatic heterocycles. The number of carboxylic acids is 1. The Bertz CT molecular complexity index is 1790. The fourth-order valence-electron chi connectivity index (χ4n) is 5.98. The van der Waals surface area contributed by atoms with E-state index in [0.717, 1.165) is 10.9 Å². The molecule has 1 aliphatic rings. The minimum Gasteiger partial charge on any atom is -0.481 e. The van der Waals surface area contributed by atoms with Gasteiger partial charge in [-0.3, -0.25) is 4.79 Å². The van der Waals surface area contributed by atoms with Crippen LogP contribution >= 0.6 is 0 Å². The summed E-state index contributed by atoms with van der Waals surface area (Å²) < 4.78 is 125. The van der Waals surface area contributed by atoms with Gasteiger partial charge in [-0.05, 0) is 77.1 Å². The van der Waals surface area contributed by atoms with E-state index in [-0.39, 0.29) is 54.8 Å². The SMILES string of the molecule is Cc1cc2c(cc1C(F)(F)F)N(Cc1ccc(CC(=O)O)cc1)CCC[C@@H]2N(Cc1cc(C(F)(F)F)cc(C(F)(F)F)c1)c1nnn(C)n1. The van der Waals surface area contributed by atoms with Gasteiger partial charge in [-0.15, -0.1) is 5.10 Å². The Balaban J connectivity index is 1.63. The normalized spacial score (nSPS) is 15.6. The van der Waals surface area contributed by atoms with E-state index in [0.29, 0.717) is 35.2 Å². The van der Waals surface area contributed by atoms with Gasteiger partial charge in [-0.1, -0.05) is 35.4 Å². The zero-order valence-electron chi connectivity index (χ0n) is 26.0. The number of anilines is 2. The van der Waals surface area contributed by atoms with Gasteiger partial charge in [0, 0.05) is 25.3 Å². The van der Waals surface area contributed by atoms with Crippen LogP contribution in [0.15, 0.2) is 54.6 Å². The minimum absolute atomic E-state index is 0.0173. The Kier molecular flexibility index (Phi) is 9.58. The predicted octanol–water partition coefficient (Wildman–Crippen LogP) is 7.75. The summed E-state index contributed by atoms with van der Waals surface area (Å²) in [6.07, 6.45) is -14.6. The van der Waals surface area contributed by atoms with E-state index in [1.807, 2.05) is 0 Å². The molecule has 262 valence electrons. The molecule has 0 aliphatic carbocycles. The van der Waals surface area contributed by atoms with Crippen molar-refractivity contribution in [2.24, 2.45) is 7.05 Å². The van der Waals surface area contributed by atoms with Crippen LogP contribution in [0.4, 0.5) is 51.1 Å². The van der Waals surface area contributed by atoms with Gasteiger partial charge < -0.3 is 14.9 Å². The lowest BCUT2D eigenvalue weighted by molar-refractivity contribution is -0.143. The first-order valence-electron chi connectivity index (χ1n) is 14.8. The Hall–Kier alpha value is -4.83. The molecule has 0 radical (unpaired) electrons. The van der Waals surface area contributed by atoms with Gasteiger partial charge in [0.1, 0.15) is 0 Å². The van der Waals surface area contributed by atoms with Gasteiger partial charge in [-0.25, -0.2) is 0 Å². The molecule has 0 saturated carbocycles. The third-order valence-electron chi connectivity index (χ3n) is 8.17. The lowest BCUT2D eigenvalue weighted by atomic mass is 9.94. The lowest BCUT2D eigenvalue weighted by Crippen LogP contribution is -2.30. The van der Waals surface area contributed by atoms with E-state index in [1.165, 1.54) is 24.9 Å². The second-order valence-corrected chi connectivity index (χ2v) is 11.8. The van der Waals surface area contributed by atoms with Gasteiger partial charge in [-0.2, -0.15) is 44.3 Å². The maximum absolute atomic E-state index is 14.2. The monoisotopic (exact) mass is 700 g/mol. The third-order valence-corrected chi connectivity index (χ3v) is 8.17. The molecule has 17 heteroatoms. The van der Waals surface area contributed by atoms with E-state index < -0.39 is 53.8 Å². The second kappa shape index (κ2) is 13.2. The van der Waals surface area contributed by atoms with E-state index >= 15 is 0 Å². The third kappa shape index (κ3) is 8.25. The van der Waals surface area contributed by atoms with Crippen molar-refractivity contribution in [2.75, 3.05) is 16.3 Å². The first-order chi connectivity index (χ1) is 22.8. The van der Waals surface area contributed by atoms with Crippen molar-refractivity contribution in [1.29, 1.82) is 0 Å². The largest absolute Gasteiger partial charge is 0.481 e. The number of nitrogens with zero attached hydrogens (tertiary/aromatic N) is 6. The molecule has 1 atom stereocenters. The molecule has 49 heavy (non-hydrogen) atoms. The molecule has 3 aromatic carbocycles. The summed E-state index contributed by atoms with van der Waals surface area (Å²) >= 11 is 0. The smallest absolute Gasteiger partial charge is 0.416 e. The number of alkyl halides is 9. The van der Waals surface area contributed by atoms with Crippen molar-refractivity contribution in [3.05, 3.63) is 99.1 Å². The fraction of sp³-hybridized carbons (Fsp3) is 0.375. The molecule has 0 unspecified atom stereocenters. The van der Waals surface area contributed by atoms with Crippen molar-refractivity contribution < 1.29 is 49.4 Å². The minimum atomic E-state index is -5.10. The molecule has 0 spiro atoms. The topological polar surface area (TPSA) is 87.4 Å². The maximum atomic E-state index is 14.2. The van der Waals surface area contributed by atoms with Gasteiger partial charge in [0.05, 0.1) is 36.2 Å². The number of halogens is 9. The quantitative estimate of drug-likeness (QED) is 0.188. The molecule has 0 fully saturated rings. The van der Waals surface area contributed by atoms with Gasteiger partial charge in [0.15, 0.2) is 0 Å². The fourth-order valence-corrected chi connectivity index (χ4v) is 5.98. The first-order valence-corrected chi connectivity index (χ1v) is 14.8. The van der Waals surface area contributed by atoms with E-state index in [9.17, 15) is 44.3 Å². The molecule has 0 bridgehead atoms. The molecule has 1 aromatic heterocycles. The zero-order valence-corrected chi connectivity index (χ0v) is 26.0. The highest BCUT2D eigenvalue weighted by Crippen LogP contribution is 2.44. The molecule has 1 N–H and O–H groups in total. The van der Waals surface area contributed by atoms with Crippen molar-refractivity contribution in [3.8, 4) is 0 Å². The number of aliphatic carboxylic acids is 1. The van der Waals surface area contributed by atoms with Gasteiger partial charge >= 0.3 is 24.5 Å². The summed E-state index contributed by atoms with van der Waals surface area (Å²) in [5.74, 6) is -1.18. The van der Waals surface area contributed by atoms with Crippen LogP contribution in [0.1, 0.15) is 63.4 Å². The van der Waals surface area contributed by atoms with Crippen LogP contribution in [0.3, 0.4) is 0 Å². The number of carboxylic acid groups (broad SMARTS) is 1. The van der Waals surface area contributed by atoms with Crippen LogP contribution < -0.4 is 9.80 Å². The summed E-state index contributed by atoms with van der Waals surface area (Å²) in [6.45, 7) is 1.07. The summed E-state index contributed by atoms with van der Waals surface area (Å²) in [5.41, 5.74) is -2.77. The summed E-state index contributed by atoms with van der Waals surface area (Å²) in [7, 11) is 1.41. The van der Waals surface area contributed by atoms with Crippen molar-refractivity contribution in [1.82, 2.24) is 20.2 Å². The lowest BCUT2D eigenvalue weighted by Gasteiger charge is -2.33. The molecule has 8 nitrogen and oxygen atoms in total. The van der Waals surface area contributed by atoms with Crippen LogP contribution in [-0.2, 0) is 49.9 Å². The number of carbonyl (C=O) groups is 1. The number of hydrogen-bond acceptors (Lipinski definition) is 6. The maximum Gasteiger partial charge on any atom is 0.416 e. The average Bonchev–Trinajstić information content (AvgIpc) is 3.35. The Labute approximate surface area is 273 Å². The van der Waals surface area contributed by atoms with Crippen LogP contribution in [0.25, 0.3) is 0 Å². The highest BCUT2D eigenvalue weighted by Gasteiger charge is 2.39. The highest BCUT2D eigenvalue weighted by atomic mass is 19.4. The zero-order chi connectivity index (χ0) is 35.9. The van der Waals surface area contributed by atoms with Crippen molar-refractivity contribution in [3.63, 3.8) is 0 Å². The Morgan fingerprint density at radius 1 is 0.878 bits per heavy atom. The Morgan fingerprint density at radius 2 is 1.49 bits per heavy atom. The summed E-state index contributed by atoms with van der Waals surface area (Å²) in [5, 5.41) is 21.0. The number of aromatic nitrogens is 4. The van der Waals surface area contributed by atoms with Crippen LogP contribution in [-0.4, -0.2) is 37.8 Å². The number of tetrazole rings is 1. The number of fused-ring (bicyclic) bond motifs is 1. The number of aryl methyl sites for hydroxylation is 2. The van der Waals surface area contributed by atoms with E-state index in [1.54, 1.807) is 29.2 Å². The van der Waals surface area contributed by atoms with Crippen LogP contribution in [0.2, 0.25) is 0 Å². The van der Waals surface area contributed by atoms with Gasteiger partial charge in [0.2, 0.25) is 0 Å². The first kappa shape index (κ1) is 35.5. The highest BCUT2D eigenvalue weighted by molar-refractivity contribution is 5.70. The molecule has 2 heterocycles. The molecule has 4 aromatic rings. The van der Waals surface area contributed by atoms with Crippen LogP contribution in [0, 0.1) is 6.92 Å². The van der Waals surface area contributed by atoms with Crippen molar-refractivity contribution in [2.45, 2.75) is 63.8 Å². The van der Waals surface area contributed by atoms with Crippen molar-refractivity contribution >= 4 is 17.6 Å². The van der Waals surface area contributed by atoms with Crippen LogP contribution in [0.5, 0.6) is 0 Å². The number of hydrogen-bond donors (Lipinski definition) is 1.